The molecule has 1 unspecified atom stereocenters. The van der Waals surface area contributed by atoms with Crippen LogP contribution < -0.4 is 5.32 Å². The van der Waals surface area contributed by atoms with Crippen molar-refractivity contribution in [1.82, 2.24) is 5.32 Å². The molecule has 1 atom stereocenters. The molecule has 1 aromatic carbocycles. The molecule has 0 heterocycles. The smallest absolute Gasteiger partial charge is 0.137 e. The molecule has 0 aliphatic heterocycles. The number of hydrogen-bond acceptors (Lipinski definition) is 1. The van der Waals surface area contributed by atoms with E-state index in [4.69, 9.17) is 0 Å². The maximum absolute atomic E-state index is 13.2. The number of rotatable bonds is 7. The van der Waals surface area contributed by atoms with E-state index in [0.717, 1.165) is 25.3 Å². The summed E-state index contributed by atoms with van der Waals surface area (Å²) in [7, 11) is 0. The molecule has 2 rings (SSSR count). The van der Waals surface area contributed by atoms with Crippen molar-refractivity contribution in [1.29, 1.82) is 0 Å². The lowest BCUT2D eigenvalue weighted by Crippen LogP contribution is -2.32. The van der Waals surface area contributed by atoms with Gasteiger partial charge < -0.3 is 5.32 Å². The van der Waals surface area contributed by atoms with E-state index in [-0.39, 0.29) is 5.82 Å². The Labute approximate surface area is 117 Å². The standard InChI is InChI=1S/C15H21BrFN/c1-2-7-18-13(8-11-3-4-11)9-12-5-6-15(17)14(16)10-12/h5-6,10-11,13,18H,2-4,7-9H2,1H3. The van der Waals surface area contributed by atoms with Gasteiger partial charge in [-0.2, -0.15) is 0 Å². The van der Waals surface area contributed by atoms with Crippen molar-refractivity contribution in [3.05, 3.63) is 34.1 Å². The Morgan fingerprint density at radius 2 is 2.22 bits per heavy atom. The summed E-state index contributed by atoms with van der Waals surface area (Å²) < 4.78 is 13.8. The van der Waals surface area contributed by atoms with Crippen molar-refractivity contribution in [2.75, 3.05) is 6.54 Å². The fourth-order valence-corrected chi connectivity index (χ4v) is 2.72. The monoisotopic (exact) mass is 313 g/mol. The molecule has 3 heteroatoms. The van der Waals surface area contributed by atoms with Gasteiger partial charge in [0.2, 0.25) is 0 Å². The Hall–Kier alpha value is -0.410. The van der Waals surface area contributed by atoms with Gasteiger partial charge in [0, 0.05) is 6.04 Å². The van der Waals surface area contributed by atoms with Crippen LogP contribution in [0.25, 0.3) is 0 Å². The molecule has 1 aliphatic carbocycles. The third-order valence-electron chi connectivity index (χ3n) is 3.46. The van der Waals surface area contributed by atoms with Gasteiger partial charge in [0.25, 0.3) is 0 Å². The maximum Gasteiger partial charge on any atom is 0.137 e. The Morgan fingerprint density at radius 3 is 2.83 bits per heavy atom. The van der Waals surface area contributed by atoms with Gasteiger partial charge in [-0.25, -0.2) is 4.39 Å². The minimum Gasteiger partial charge on any atom is -0.314 e. The molecule has 1 nitrogen and oxygen atoms in total. The summed E-state index contributed by atoms with van der Waals surface area (Å²) in [5.74, 6) is 0.738. The highest BCUT2D eigenvalue weighted by Gasteiger charge is 2.25. The van der Waals surface area contributed by atoms with E-state index in [1.165, 1.54) is 24.8 Å². The Kier molecular flexibility index (Phi) is 5.19. The van der Waals surface area contributed by atoms with Gasteiger partial charge in [0.1, 0.15) is 5.82 Å². The zero-order chi connectivity index (χ0) is 13.0. The zero-order valence-electron chi connectivity index (χ0n) is 10.9. The molecule has 1 N–H and O–H groups in total. The first kappa shape index (κ1) is 14.0. The molecule has 0 spiro atoms. The first-order valence-corrected chi connectivity index (χ1v) is 7.65. The number of nitrogens with one attached hydrogen (secondary N) is 1. The molecule has 0 saturated heterocycles. The second kappa shape index (κ2) is 6.67. The van der Waals surface area contributed by atoms with E-state index in [9.17, 15) is 4.39 Å². The minimum atomic E-state index is -0.181. The zero-order valence-corrected chi connectivity index (χ0v) is 12.5. The van der Waals surface area contributed by atoms with Gasteiger partial charge in [0.15, 0.2) is 0 Å². The number of hydrogen-bond donors (Lipinski definition) is 1. The second-order valence-electron chi connectivity index (χ2n) is 5.28. The van der Waals surface area contributed by atoms with E-state index >= 15 is 0 Å². The van der Waals surface area contributed by atoms with E-state index < -0.39 is 0 Å². The molecule has 0 aromatic heterocycles. The van der Waals surface area contributed by atoms with Crippen molar-refractivity contribution < 1.29 is 4.39 Å². The van der Waals surface area contributed by atoms with Crippen LogP contribution in [0.5, 0.6) is 0 Å². The molecule has 0 radical (unpaired) electrons. The van der Waals surface area contributed by atoms with Crippen LogP contribution in [-0.2, 0) is 6.42 Å². The highest BCUT2D eigenvalue weighted by Crippen LogP contribution is 2.34. The highest BCUT2D eigenvalue weighted by molar-refractivity contribution is 9.10. The Morgan fingerprint density at radius 1 is 1.44 bits per heavy atom. The topological polar surface area (TPSA) is 12.0 Å². The third-order valence-corrected chi connectivity index (χ3v) is 4.07. The summed E-state index contributed by atoms with van der Waals surface area (Å²) >= 11 is 3.26. The predicted molar refractivity (Wildman–Crippen MR) is 77.2 cm³/mol. The van der Waals surface area contributed by atoms with Crippen LogP contribution in [0.1, 0.15) is 38.2 Å². The molecule has 0 amide bonds. The van der Waals surface area contributed by atoms with Crippen LogP contribution in [0.15, 0.2) is 22.7 Å². The maximum atomic E-state index is 13.2. The summed E-state index contributed by atoms with van der Waals surface area (Å²) in [4.78, 5) is 0. The summed E-state index contributed by atoms with van der Waals surface area (Å²) in [5.41, 5.74) is 1.21. The fraction of sp³-hybridized carbons (Fsp3) is 0.600. The summed E-state index contributed by atoms with van der Waals surface area (Å²) in [6.45, 7) is 3.26. The third kappa shape index (κ3) is 4.36. The number of benzene rings is 1. The first-order chi connectivity index (χ1) is 8.69. The van der Waals surface area contributed by atoms with Gasteiger partial charge in [-0.05, 0) is 65.4 Å². The average Bonchev–Trinajstić information content (AvgIpc) is 3.15. The number of halogens is 2. The van der Waals surface area contributed by atoms with Crippen LogP contribution >= 0.6 is 15.9 Å². The van der Waals surface area contributed by atoms with Crippen LogP contribution in [0.3, 0.4) is 0 Å². The molecular formula is C15H21BrFN. The van der Waals surface area contributed by atoms with Gasteiger partial charge in [0.05, 0.1) is 4.47 Å². The van der Waals surface area contributed by atoms with Gasteiger partial charge in [-0.15, -0.1) is 0 Å². The van der Waals surface area contributed by atoms with E-state index in [1.54, 1.807) is 6.07 Å². The van der Waals surface area contributed by atoms with Crippen LogP contribution in [0.2, 0.25) is 0 Å². The summed E-state index contributed by atoms with van der Waals surface area (Å²) in [6, 6.07) is 5.89. The van der Waals surface area contributed by atoms with Gasteiger partial charge >= 0.3 is 0 Å². The van der Waals surface area contributed by atoms with Crippen molar-refractivity contribution in [2.45, 2.75) is 45.1 Å². The van der Waals surface area contributed by atoms with Crippen molar-refractivity contribution in [3.63, 3.8) is 0 Å². The van der Waals surface area contributed by atoms with Crippen molar-refractivity contribution in [3.8, 4) is 0 Å². The summed E-state index contributed by atoms with van der Waals surface area (Å²) in [5, 5.41) is 3.61. The lowest BCUT2D eigenvalue weighted by Gasteiger charge is -2.18. The molecular weight excluding hydrogens is 293 g/mol. The molecule has 1 aromatic rings. The largest absolute Gasteiger partial charge is 0.314 e. The first-order valence-electron chi connectivity index (χ1n) is 6.86. The Bertz CT molecular complexity index is 390. The molecule has 100 valence electrons. The molecule has 0 bridgehead atoms. The van der Waals surface area contributed by atoms with Crippen LogP contribution in [0, 0.1) is 11.7 Å². The molecule has 18 heavy (non-hydrogen) atoms. The molecule has 1 fully saturated rings. The van der Waals surface area contributed by atoms with Crippen molar-refractivity contribution in [2.24, 2.45) is 5.92 Å². The Balaban J connectivity index is 1.94. The molecule has 1 saturated carbocycles. The highest BCUT2D eigenvalue weighted by atomic mass is 79.9. The van der Waals surface area contributed by atoms with E-state index in [2.05, 4.69) is 28.2 Å². The lowest BCUT2D eigenvalue weighted by atomic mass is 10.0. The van der Waals surface area contributed by atoms with E-state index in [1.807, 2.05) is 12.1 Å². The van der Waals surface area contributed by atoms with Crippen LogP contribution in [0.4, 0.5) is 4.39 Å². The average molecular weight is 314 g/mol. The SMILES string of the molecule is CCCNC(Cc1ccc(F)c(Br)c1)CC1CC1. The lowest BCUT2D eigenvalue weighted by molar-refractivity contribution is 0.454. The summed E-state index contributed by atoms with van der Waals surface area (Å²) in [6.07, 6.45) is 6.19. The quantitative estimate of drug-likeness (QED) is 0.791. The molecule has 1 aliphatic rings. The predicted octanol–water partition coefficient (Wildman–Crippen LogP) is 4.30. The minimum absolute atomic E-state index is 0.181. The van der Waals surface area contributed by atoms with Gasteiger partial charge in [-0.1, -0.05) is 25.8 Å². The van der Waals surface area contributed by atoms with E-state index in [0.29, 0.717) is 10.5 Å². The van der Waals surface area contributed by atoms with Crippen LogP contribution in [-0.4, -0.2) is 12.6 Å². The normalized spacial score (nSPS) is 16.8. The van der Waals surface area contributed by atoms with Crippen molar-refractivity contribution >= 4 is 15.9 Å². The van der Waals surface area contributed by atoms with Gasteiger partial charge in [-0.3, -0.25) is 0 Å². The fourth-order valence-electron chi connectivity index (χ4n) is 2.29. The second-order valence-corrected chi connectivity index (χ2v) is 6.14.